The van der Waals surface area contributed by atoms with Gasteiger partial charge in [0.25, 0.3) is 0 Å². The van der Waals surface area contributed by atoms with E-state index in [1.165, 1.54) is 0 Å². The highest BCUT2D eigenvalue weighted by atomic mass is 79.9. The quantitative estimate of drug-likeness (QED) is 0.732. The number of para-hydroxylation sites is 2. The average molecular weight is 437 g/mol. The molecule has 0 aliphatic carbocycles. The lowest BCUT2D eigenvalue weighted by Gasteiger charge is -2.21. The van der Waals surface area contributed by atoms with Gasteiger partial charge < -0.3 is 15.1 Å². The van der Waals surface area contributed by atoms with Gasteiger partial charge in [-0.05, 0) is 46.6 Å². The van der Waals surface area contributed by atoms with Crippen molar-refractivity contribution in [1.82, 2.24) is 0 Å². The number of carbonyl (C=O) groups excluding carboxylic acids is 2. The summed E-state index contributed by atoms with van der Waals surface area (Å²) in [4.78, 5) is 29.0. The fraction of sp³-hybridized carbons (Fsp3) is 0.263. The Bertz CT molecular complexity index is 856. The third kappa shape index (κ3) is 3.57. The maximum Gasteiger partial charge on any atom is 0.239 e. The van der Waals surface area contributed by atoms with Crippen molar-refractivity contribution in [2.75, 3.05) is 35.8 Å². The first-order valence-electron chi connectivity index (χ1n) is 8.22. The van der Waals surface area contributed by atoms with E-state index in [0.29, 0.717) is 23.7 Å². The number of benzene rings is 2. The summed E-state index contributed by atoms with van der Waals surface area (Å²) in [5.74, 6) is -1.21. The lowest BCUT2D eigenvalue weighted by atomic mass is 10.1. The zero-order valence-corrected chi connectivity index (χ0v) is 16.8. The number of halogens is 2. The van der Waals surface area contributed by atoms with E-state index in [4.69, 9.17) is 11.6 Å². The monoisotopic (exact) mass is 435 g/mol. The molecular formula is C19H19BrClN3O2. The van der Waals surface area contributed by atoms with Gasteiger partial charge in [-0.2, -0.15) is 0 Å². The van der Waals surface area contributed by atoms with Crippen LogP contribution in [0.3, 0.4) is 0 Å². The smallest absolute Gasteiger partial charge is 0.239 e. The molecule has 0 radical (unpaired) electrons. The largest absolute Gasteiger partial charge is 0.375 e. The minimum Gasteiger partial charge on any atom is -0.375 e. The first-order chi connectivity index (χ1) is 12.4. The second-order valence-electron chi connectivity index (χ2n) is 6.30. The van der Waals surface area contributed by atoms with Gasteiger partial charge in [-0.1, -0.05) is 29.8 Å². The molecular weight excluding hydrogens is 418 g/mol. The number of rotatable bonds is 4. The lowest BCUT2D eigenvalue weighted by molar-refractivity contribution is -0.129. The molecule has 1 aliphatic rings. The summed E-state index contributed by atoms with van der Waals surface area (Å²) in [5, 5.41) is 3.41. The predicted octanol–water partition coefficient (Wildman–Crippen LogP) is 4.16. The van der Waals surface area contributed by atoms with E-state index < -0.39 is 5.92 Å². The molecule has 1 aliphatic heterocycles. The number of nitrogens with one attached hydrogen (secondary N) is 1. The normalized spacial score (nSPS) is 16.7. The van der Waals surface area contributed by atoms with Crippen LogP contribution in [-0.2, 0) is 9.59 Å². The van der Waals surface area contributed by atoms with Crippen LogP contribution in [0.15, 0.2) is 46.9 Å². The summed E-state index contributed by atoms with van der Waals surface area (Å²) >= 11 is 9.71. The SMILES string of the molecule is CN(C)c1c(Cl)cccc1NC(=O)C1CCN(c2ccccc2Br)C1=O. The second-order valence-corrected chi connectivity index (χ2v) is 7.56. The molecule has 1 heterocycles. The Morgan fingerprint density at radius 3 is 2.65 bits per heavy atom. The fourth-order valence-corrected chi connectivity index (χ4v) is 3.97. The van der Waals surface area contributed by atoms with E-state index in [9.17, 15) is 9.59 Å². The van der Waals surface area contributed by atoms with E-state index in [0.717, 1.165) is 15.8 Å². The highest BCUT2D eigenvalue weighted by Gasteiger charge is 2.38. The van der Waals surface area contributed by atoms with Crippen molar-refractivity contribution in [3.05, 3.63) is 52.0 Å². The van der Waals surface area contributed by atoms with Crippen LogP contribution in [0.4, 0.5) is 17.1 Å². The highest BCUT2D eigenvalue weighted by molar-refractivity contribution is 9.10. The standard InChI is InChI=1S/C19H19BrClN3O2/c1-23(2)17-14(21)7-5-8-15(17)22-18(25)12-10-11-24(19(12)26)16-9-4-3-6-13(16)20/h3-9,12H,10-11H2,1-2H3,(H,22,25). The van der Waals surface area contributed by atoms with Gasteiger partial charge in [0.05, 0.1) is 22.1 Å². The van der Waals surface area contributed by atoms with Gasteiger partial charge >= 0.3 is 0 Å². The van der Waals surface area contributed by atoms with Crippen molar-refractivity contribution >= 4 is 56.4 Å². The number of amides is 2. The minimum atomic E-state index is -0.712. The van der Waals surface area contributed by atoms with Crippen molar-refractivity contribution in [2.24, 2.45) is 5.92 Å². The van der Waals surface area contributed by atoms with Crippen LogP contribution in [0, 0.1) is 5.92 Å². The van der Waals surface area contributed by atoms with Crippen molar-refractivity contribution in [2.45, 2.75) is 6.42 Å². The Kier molecular flexibility index (Phi) is 5.53. The van der Waals surface area contributed by atoms with Gasteiger partial charge in [-0.3, -0.25) is 9.59 Å². The van der Waals surface area contributed by atoms with E-state index >= 15 is 0 Å². The van der Waals surface area contributed by atoms with Crippen LogP contribution in [0.25, 0.3) is 0 Å². The van der Waals surface area contributed by atoms with Crippen LogP contribution >= 0.6 is 27.5 Å². The summed E-state index contributed by atoms with van der Waals surface area (Å²) in [6.45, 7) is 0.510. The minimum absolute atomic E-state index is 0.192. The molecule has 7 heteroatoms. The number of anilines is 3. The summed E-state index contributed by atoms with van der Waals surface area (Å²) in [6, 6.07) is 12.8. The Morgan fingerprint density at radius 2 is 1.96 bits per heavy atom. The molecule has 5 nitrogen and oxygen atoms in total. The maximum absolute atomic E-state index is 12.8. The number of nitrogens with zero attached hydrogens (tertiary/aromatic N) is 2. The number of hydrogen-bond acceptors (Lipinski definition) is 3. The Balaban J connectivity index is 1.79. The van der Waals surface area contributed by atoms with Crippen molar-refractivity contribution in [1.29, 1.82) is 0 Å². The summed E-state index contributed by atoms with van der Waals surface area (Å²) < 4.78 is 0.833. The molecule has 2 amide bonds. The summed E-state index contributed by atoms with van der Waals surface area (Å²) in [5.41, 5.74) is 2.10. The topological polar surface area (TPSA) is 52.7 Å². The molecule has 0 spiro atoms. The molecule has 1 saturated heterocycles. The van der Waals surface area contributed by atoms with Gasteiger partial charge in [0.15, 0.2) is 0 Å². The van der Waals surface area contributed by atoms with Gasteiger partial charge in [0.2, 0.25) is 11.8 Å². The Morgan fingerprint density at radius 1 is 1.23 bits per heavy atom. The van der Waals surface area contributed by atoms with Gasteiger partial charge in [-0.25, -0.2) is 0 Å². The number of carbonyl (C=O) groups is 2. The molecule has 1 N–H and O–H groups in total. The van der Waals surface area contributed by atoms with Crippen molar-refractivity contribution in [3.8, 4) is 0 Å². The van der Waals surface area contributed by atoms with E-state index in [1.807, 2.05) is 43.3 Å². The molecule has 0 bridgehead atoms. The molecule has 1 fully saturated rings. The third-order valence-corrected chi connectivity index (χ3v) is 5.33. The van der Waals surface area contributed by atoms with E-state index in [-0.39, 0.29) is 11.8 Å². The Labute approximate surface area is 166 Å². The molecule has 26 heavy (non-hydrogen) atoms. The molecule has 0 saturated carbocycles. The second kappa shape index (κ2) is 7.68. The fourth-order valence-electron chi connectivity index (χ4n) is 3.12. The molecule has 2 aromatic carbocycles. The van der Waals surface area contributed by atoms with Gasteiger partial charge in [0.1, 0.15) is 5.92 Å². The van der Waals surface area contributed by atoms with Crippen molar-refractivity contribution in [3.63, 3.8) is 0 Å². The predicted molar refractivity (Wildman–Crippen MR) is 109 cm³/mol. The molecule has 3 rings (SSSR count). The summed E-state index contributed by atoms with van der Waals surface area (Å²) in [7, 11) is 3.71. The van der Waals surface area contributed by atoms with Crippen LogP contribution < -0.4 is 15.1 Å². The van der Waals surface area contributed by atoms with Crippen LogP contribution in [-0.4, -0.2) is 32.5 Å². The molecule has 1 atom stereocenters. The summed E-state index contributed by atoms with van der Waals surface area (Å²) in [6.07, 6.45) is 0.476. The first kappa shape index (κ1) is 18.7. The van der Waals surface area contributed by atoms with Crippen LogP contribution in [0.5, 0.6) is 0 Å². The average Bonchev–Trinajstić information content (AvgIpc) is 2.96. The molecule has 1 unspecified atom stereocenters. The van der Waals surface area contributed by atoms with Gasteiger partial charge in [0, 0.05) is 25.1 Å². The molecule has 136 valence electrons. The zero-order chi connectivity index (χ0) is 18.8. The maximum atomic E-state index is 12.8. The van der Waals surface area contributed by atoms with Crippen molar-refractivity contribution < 1.29 is 9.59 Å². The molecule has 0 aromatic heterocycles. The highest BCUT2D eigenvalue weighted by Crippen LogP contribution is 2.35. The first-order valence-corrected chi connectivity index (χ1v) is 9.40. The lowest BCUT2D eigenvalue weighted by Crippen LogP contribution is -2.33. The van der Waals surface area contributed by atoms with Crippen LogP contribution in [0.1, 0.15) is 6.42 Å². The van der Waals surface area contributed by atoms with E-state index in [1.54, 1.807) is 23.1 Å². The molecule has 2 aromatic rings. The zero-order valence-electron chi connectivity index (χ0n) is 14.5. The van der Waals surface area contributed by atoms with Gasteiger partial charge in [-0.15, -0.1) is 0 Å². The van der Waals surface area contributed by atoms with E-state index in [2.05, 4.69) is 21.2 Å². The Hall–Kier alpha value is -2.05. The van der Waals surface area contributed by atoms with Crippen LogP contribution in [0.2, 0.25) is 5.02 Å². The number of hydrogen-bond donors (Lipinski definition) is 1. The third-order valence-electron chi connectivity index (χ3n) is 4.36.